The molecule has 1 heterocycles. The monoisotopic (exact) mass is 184 g/mol. The molecule has 0 aliphatic carbocycles. The van der Waals surface area contributed by atoms with Gasteiger partial charge in [-0.05, 0) is 25.2 Å². The third-order valence-corrected chi connectivity index (χ3v) is 2.82. The molecule has 3 atom stereocenters. The van der Waals surface area contributed by atoms with Crippen molar-refractivity contribution in [2.45, 2.75) is 45.3 Å². The highest BCUT2D eigenvalue weighted by Gasteiger charge is 2.30. The lowest BCUT2D eigenvalue weighted by Crippen LogP contribution is -2.30. The molecule has 2 nitrogen and oxygen atoms in total. The molecule has 1 fully saturated rings. The zero-order chi connectivity index (χ0) is 9.84. The molecular formula is C11H20O2. The minimum Gasteiger partial charge on any atom is -0.390 e. The summed E-state index contributed by atoms with van der Waals surface area (Å²) < 4.78 is 5.48. The molecule has 0 aromatic heterocycles. The summed E-state index contributed by atoms with van der Waals surface area (Å²) in [6.07, 6.45) is 2.37. The minimum absolute atomic E-state index is 0.0308. The second-order valence-corrected chi connectivity index (χ2v) is 3.98. The van der Waals surface area contributed by atoms with E-state index in [-0.39, 0.29) is 12.2 Å². The number of ether oxygens (including phenoxy) is 1. The molecule has 13 heavy (non-hydrogen) atoms. The molecule has 1 aliphatic heterocycles. The fourth-order valence-corrected chi connectivity index (χ4v) is 1.77. The Kier molecular flexibility index (Phi) is 3.94. The lowest BCUT2D eigenvalue weighted by atomic mass is 9.95. The maximum Gasteiger partial charge on any atom is 0.0863 e. The highest BCUT2D eigenvalue weighted by atomic mass is 16.5. The Morgan fingerprint density at radius 1 is 1.69 bits per heavy atom. The first kappa shape index (κ1) is 10.7. The molecule has 1 saturated heterocycles. The van der Waals surface area contributed by atoms with Crippen molar-refractivity contribution in [2.75, 3.05) is 6.61 Å². The van der Waals surface area contributed by atoms with Gasteiger partial charge < -0.3 is 9.84 Å². The summed E-state index contributed by atoms with van der Waals surface area (Å²) in [5.74, 6) is 0.486. The van der Waals surface area contributed by atoms with Gasteiger partial charge in [-0.25, -0.2) is 0 Å². The van der Waals surface area contributed by atoms with Gasteiger partial charge in [-0.1, -0.05) is 26.0 Å². The van der Waals surface area contributed by atoms with E-state index in [1.807, 2.05) is 0 Å². The van der Waals surface area contributed by atoms with Crippen LogP contribution in [0.3, 0.4) is 0 Å². The van der Waals surface area contributed by atoms with Crippen molar-refractivity contribution in [3.8, 4) is 0 Å². The molecule has 76 valence electrons. The van der Waals surface area contributed by atoms with Crippen molar-refractivity contribution in [3.63, 3.8) is 0 Å². The predicted molar refractivity (Wildman–Crippen MR) is 53.6 cm³/mol. The Balaban J connectivity index is 2.38. The number of hydrogen-bond acceptors (Lipinski definition) is 2. The van der Waals surface area contributed by atoms with Crippen LogP contribution in [0.2, 0.25) is 0 Å². The topological polar surface area (TPSA) is 29.5 Å². The number of aliphatic hydroxyl groups is 1. The molecule has 0 aromatic rings. The Labute approximate surface area is 80.6 Å². The summed E-state index contributed by atoms with van der Waals surface area (Å²) in [5.41, 5.74) is 1.11. The van der Waals surface area contributed by atoms with Gasteiger partial charge in [0.2, 0.25) is 0 Å². The van der Waals surface area contributed by atoms with Gasteiger partial charge >= 0.3 is 0 Å². The van der Waals surface area contributed by atoms with E-state index >= 15 is 0 Å². The first-order chi connectivity index (χ1) is 6.15. The van der Waals surface area contributed by atoms with Crippen LogP contribution in [-0.2, 0) is 4.74 Å². The predicted octanol–water partition coefficient (Wildman–Crippen LogP) is 2.13. The average Bonchev–Trinajstić information content (AvgIpc) is 2.51. The molecular weight excluding hydrogens is 164 g/mol. The molecule has 0 radical (unpaired) electrons. The summed E-state index contributed by atoms with van der Waals surface area (Å²) >= 11 is 0. The zero-order valence-electron chi connectivity index (χ0n) is 8.62. The van der Waals surface area contributed by atoms with Crippen LogP contribution in [0.1, 0.15) is 33.1 Å². The van der Waals surface area contributed by atoms with Crippen LogP contribution < -0.4 is 0 Å². The van der Waals surface area contributed by atoms with Gasteiger partial charge in [0.25, 0.3) is 0 Å². The Hall–Kier alpha value is -0.340. The van der Waals surface area contributed by atoms with Crippen LogP contribution in [0.15, 0.2) is 12.2 Å². The SMILES string of the molecule is C=C(CC)CC(O)C1OCCC1C. The smallest absolute Gasteiger partial charge is 0.0863 e. The normalized spacial score (nSPS) is 30.4. The quantitative estimate of drug-likeness (QED) is 0.678. The van der Waals surface area contributed by atoms with Gasteiger partial charge in [-0.15, -0.1) is 0 Å². The van der Waals surface area contributed by atoms with Crippen LogP contribution in [0.5, 0.6) is 0 Å². The molecule has 0 saturated carbocycles. The summed E-state index contributed by atoms with van der Waals surface area (Å²) in [7, 11) is 0. The fourth-order valence-electron chi connectivity index (χ4n) is 1.77. The van der Waals surface area contributed by atoms with Crippen LogP contribution in [0, 0.1) is 5.92 Å². The molecule has 1 rings (SSSR count). The zero-order valence-corrected chi connectivity index (χ0v) is 8.62. The maximum atomic E-state index is 9.84. The van der Waals surface area contributed by atoms with E-state index in [9.17, 15) is 5.11 Å². The van der Waals surface area contributed by atoms with Gasteiger partial charge in [0.05, 0.1) is 12.2 Å². The van der Waals surface area contributed by atoms with Crippen LogP contribution >= 0.6 is 0 Å². The molecule has 0 bridgehead atoms. The average molecular weight is 184 g/mol. The van der Waals surface area contributed by atoms with Crippen LogP contribution in [0.25, 0.3) is 0 Å². The van der Waals surface area contributed by atoms with E-state index in [0.29, 0.717) is 12.3 Å². The Bertz CT molecular complexity index is 177. The van der Waals surface area contributed by atoms with Gasteiger partial charge in [-0.3, -0.25) is 0 Å². The molecule has 2 heteroatoms. The second-order valence-electron chi connectivity index (χ2n) is 3.98. The molecule has 0 aromatic carbocycles. The Morgan fingerprint density at radius 2 is 2.38 bits per heavy atom. The van der Waals surface area contributed by atoms with Crippen molar-refractivity contribution in [1.82, 2.24) is 0 Å². The van der Waals surface area contributed by atoms with Crippen molar-refractivity contribution >= 4 is 0 Å². The van der Waals surface area contributed by atoms with Crippen molar-refractivity contribution in [2.24, 2.45) is 5.92 Å². The molecule has 1 N–H and O–H groups in total. The lowest BCUT2D eigenvalue weighted by molar-refractivity contribution is -0.0159. The van der Waals surface area contributed by atoms with Crippen molar-refractivity contribution in [1.29, 1.82) is 0 Å². The largest absolute Gasteiger partial charge is 0.390 e. The second kappa shape index (κ2) is 4.77. The summed E-state index contributed by atoms with van der Waals surface area (Å²) in [6.45, 7) is 8.89. The van der Waals surface area contributed by atoms with Gasteiger partial charge in [0.1, 0.15) is 0 Å². The maximum absolute atomic E-state index is 9.84. The Morgan fingerprint density at radius 3 is 2.85 bits per heavy atom. The lowest BCUT2D eigenvalue weighted by Gasteiger charge is -2.21. The molecule has 0 amide bonds. The molecule has 3 unspecified atom stereocenters. The van der Waals surface area contributed by atoms with E-state index in [0.717, 1.165) is 25.0 Å². The molecule has 0 spiro atoms. The first-order valence-corrected chi connectivity index (χ1v) is 5.11. The standard InChI is InChI=1S/C11H20O2/c1-4-8(2)7-10(12)11-9(3)5-6-13-11/h9-12H,2,4-7H2,1,3H3. The third-order valence-electron chi connectivity index (χ3n) is 2.82. The van der Waals surface area contributed by atoms with E-state index in [4.69, 9.17) is 4.74 Å². The minimum atomic E-state index is -0.357. The van der Waals surface area contributed by atoms with Crippen LogP contribution in [-0.4, -0.2) is 23.9 Å². The summed E-state index contributed by atoms with van der Waals surface area (Å²) in [6, 6.07) is 0. The van der Waals surface area contributed by atoms with Crippen molar-refractivity contribution < 1.29 is 9.84 Å². The molecule has 1 aliphatic rings. The number of rotatable bonds is 4. The van der Waals surface area contributed by atoms with E-state index < -0.39 is 0 Å². The summed E-state index contributed by atoms with van der Waals surface area (Å²) in [4.78, 5) is 0. The van der Waals surface area contributed by atoms with E-state index in [1.165, 1.54) is 0 Å². The van der Waals surface area contributed by atoms with Gasteiger partial charge in [0.15, 0.2) is 0 Å². The highest BCUT2D eigenvalue weighted by Crippen LogP contribution is 2.25. The highest BCUT2D eigenvalue weighted by molar-refractivity contribution is 4.97. The van der Waals surface area contributed by atoms with Gasteiger partial charge in [-0.2, -0.15) is 0 Å². The van der Waals surface area contributed by atoms with Crippen LogP contribution in [0.4, 0.5) is 0 Å². The van der Waals surface area contributed by atoms with E-state index in [1.54, 1.807) is 0 Å². The van der Waals surface area contributed by atoms with E-state index in [2.05, 4.69) is 20.4 Å². The number of aliphatic hydroxyl groups excluding tert-OH is 1. The summed E-state index contributed by atoms with van der Waals surface area (Å²) in [5, 5.41) is 9.84. The fraction of sp³-hybridized carbons (Fsp3) is 0.818. The van der Waals surface area contributed by atoms with Crippen molar-refractivity contribution in [3.05, 3.63) is 12.2 Å². The third kappa shape index (κ3) is 2.82. The number of hydrogen-bond donors (Lipinski definition) is 1. The first-order valence-electron chi connectivity index (χ1n) is 5.11. The van der Waals surface area contributed by atoms with Gasteiger partial charge in [0, 0.05) is 6.61 Å².